The molecule has 1 aliphatic rings. The molecule has 3 aromatic heterocycles. The normalized spacial score (nSPS) is 12.7. The Morgan fingerprint density at radius 2 is 1.48 bits per heavy atom. The summed E-state index contributed by atoms with van der Waals surface area (Å²) in [5, 5.41) is 8.54. The van der Waals surface area contributed by atoms with Gasteiger partial charge < -0.3 is 14.4 Å². The molecule has 1 N–H and O–H groups in total. The molecule has 0 atom stereocenters. The first-order valence-corrected chi connectivity index (χ1v) is 23.1. The number of amides is 1. The van der Waals surface area contributed by atoms with Crippen LogP contribution in [-0.2, 0) is 33.8 Å². The first-order valence-electron chi connectivity index (χ1n) is 22.3. The molecule has 1 aliphatic heterocycles. The molecular formula is C49H64N6O5S. The molecule has 0 bridgehead atoms. The van der Waals surface area contributed by atoms with Gasteiger partial charge in [0.15, 0.2) is 10.8 Å². The summed E-state index contributed by atoms with van der Waals surface area (Å²) in [4.78, 5) is 50.6. The number of unbranched alkanes of at least 4 members (excludes halogenated alkanes) is 12. The van der Waals surface area contributed by atoms with E-state index in [0.29, 0.717) is 41.6 Å². The van der Waals surface area contributed by atoms with Crippen LogP contribution in [0.1, 0.15) is 154 Å². The number of aryl methyl sites for hydroxylation is 2. The topological polar surface area (TPSA) is 129 Å². The van der Waals surface area contributed by atoms with E-state index in [1.165, 1.54) is 76.2 Å². The Labute approximate surface area is 365 Å². The lowest BCUT2D eigenvalue weighted by Crippen LogP contribution is -2.33. The first-order chi connectivity index (χ1) is 29.4. The second kappa shape index (κ2) is 21.6. The summed E-state index contributed by atoms with van der Waals surface area (Å²) < 4.78 is 13.8. The van der Waals surface area contributed by atoms with Crippen molar-refractivity contribution in [2.45, 2.75) is 150 Å². The minimum absolute atomic E-state index is 0.101. The van der Waals surface area contributed by atoms with Crippen LogP contribution in [0.5, 0.6) is 0 Å². The van der Waals surface area contributed by atoms with Crippen molar-refractivity contribution in [3.8, 4) is 11.1 Å². The van der Waals surface area contributed by atoms with Crippen LogP contribution in [0.2, 0.25) is 0 Å². The number of aromatic nitrogens is 4. The fourth-order valence-corrected chi connectivity index (χ4v) is 9.13. The fourth-order valence-electron chi connectivity index (χ4n) is 8.27. The van der Waals surface area contributed by atoms with E-state index in [1.807, 2.05) is 76.2 Å². The van der Waals surface area contributed by atoms with Crippen LogP contribution in [0.3, 0.4) is 0 Å². The molecule has 0 radical (unpaired) electrons. The number of hydrogen-bond acceptors (Lipinski definition) is 10. The number of carbonyl (C=O) groups excluding carboxylic acids is 3. The molecule has 1 amide bonds. The van der Waals surface area contributed by atoms with Crippen LogP contribution in [0, 0.1) is 13.8 Å². The summed E-state index contributed by atoms with van der Waals surface area (Å²) in [6, 6.07) is 17.7. The van der Waals surface area contributed by atoms with Gasteiger partial charge in [-0.3, -0.25) is 19.6 Å². The molecule has 0 aliphatic carbocycles. The van der Waals surface area contributed by atoms with E-state index in [4.69, 9.17) is 19.6 Å². The number of para-hydroxylation sites is 1. The predicted octanol–water partition coefficient (Wildman–Crippen LogP) is 11.6. The maximum Gasteiger partial charge on any atom is 0.358 e. The summed E-state index contributed by atoms with van der Waals surface area (Å²) in [6.45, 7) is 11.7. The third-order valence-electron chi connectivity index (χ3n) is 11.5. The van der Waals surface area contributed by atoms with Gasteiger partial charge in [-0.05, 0) is 95.3 Å². The van der Waals surface area contributed by atoms with Crippen molar-refractivity contribution >= 4 is 50.3 Å². The second-order valence-electron chi connectivity index (χ2n) is 17.3. The molecule has 0 unspecified atom stereocenters. The highest BCUT2D eigenvalue weighted by Gasteiger charge is 2.29. The number of nitrogens with one attached hydrogen (secondary N) is 1. The fraction of sp³-hybridized carbons (Fsp3) is 0.510. The molecule has 0 fully saturated rings. The van der Waals surface area contributed by atoms with E-state index in [9.17, 15) is 14.4 Å². The maximum atomic E-state index is 13.9. The maximum absolute atomic E-state index is 13.9. The van der Waals surface area contributed by atoms with Crippen LogP contribution in [0.4, 0.5) is 10.9 Å². The van der Waals surface area contributed by atoms with E-state index >= 15 is 0 Å². The Bertz CT molecular complexity index is 2240. The van der Waals surface area contributed by atoms with Crippen molar-refractivity contribution in [3.05, 3.63) is 88.4 Å². The summed E-state index contributed by atoms with van der Waals surface area (Å²) in [5.74, 6) is -0.117. The van der Waals surface area contributed by atoms with E-state index in [0.717, 1.165) is 76.9 Å². The van der Waals surface area contributed by atoms with Crippen molar-refractivity contribution in [2.75, 3.05) is 23.9 Å². The molecule has 0 saturated carbocycles. The summed E-state index contributed by atoms with van der Waals surface area (Å²) >= 11 is 1.46. The monoisotopic (exact) mass is 848 g/mol. The highest BCUT2D eigenvalue weighted by molar-refractivity contribution is 7.22. The van der Waals surface area contributed by atoms with Crippen LogP contribution in [0.25, 0.3) is 21.3 Å². The van der Waals surface area contributed by atoms with E-state index in [-0.39, 0.29) is 17.6 Å². The van der Waals surface area contributed by atoms with Gasteiger partial charge in [-0.1, -0.05) is 106 Å². The standard InChI is InChI=1S/C49H64N6O5S/c1-34-44(35(2)55(53-34)31-21-17-15-13-11-9-7-8-10-12-14-16-18-27-43(56)59-6)38-28-29-42(51-45(38)47(58)60-49(3,4)5)54-32-30-36-23-22-24-37(39(36)33-54)46(57)52-48-50-40-25-19-20-26-41(40)61-48/h19-20,22-26,28-29H,7-18,21,27,30-33H2,1-6H3,(H,50,52,57). The largest absolute Gasteiger partial charge is 0.469 e. The van der Waals surface area contributed by atoms with Crippen LogP contribution < -0.4 is 10.2 Å². The number of nitrogens with zero attached hydrogens (tertiary/aromatic N) is 5. The molecule has 2 aromatic carbocycles. The SMILES string of the molecule is COC(=O)CCCCCCCCCCCCCCCn1nc(C)c(-c2ccc(N3CCc4cccc(C(=O)Nc5nc6ccccc6s5)c4C3)nc2C(=O)OC(C)(C)C)c1C. The summed E-state index contributed by atoms with van der Waals surface area (Å²) in [6.07, 6.45) is 16.9. The van der Waals surface area contributed by atoms with E-state index < -0.39 is 11.6 Å². The van der Waals surface area contributed by atoms with Gasteiger partial charge in [-0.25, -0.2) is 14.8 Å². The number of methoxy groups -OCH3 is 1. The third kappa shape index (κ3) is 12.5. The number of hydrogen-bond donors (Lipinski definition) is 1. The van der Waals surface area contributed by atoms with Gasteiger partial charge in [0.2, 0.25) is 0 Å². The molecular weight excluding hydrogens is 785 g/mol. The Hall–Kier alpha value is -5.10. The molecule has 61 heavy (non-hydrogen) atoms. The van der Waals surface area contributed by atoms with Crippen molar-refractivity contribution < 1.29 is 23.9 Å². The van der Waals surface area contributed by atoms with Crippen LogP contribution in [0.15, 0.2) is 54.6 Å². The zero-order valence-electron chi connectivity index (χ0n) is 37.1. The number of pyridine rings is 1. The van der Waals surface area contributed by atoms with Gasteiger partial charge in [0, 0.05) is 48.4 Å². The van der Waals surface area contributed by atoms with E-state index in [2.05, 4.69) is 32.9 Å². The molecule has 0 spiro atoms. The van der Waals surface area contributed by atoms with Gasteiger partial charge in [-0.15, -0.1) is 0 Å². The molecule has 5 aromatic rings. The summed E-state index contributed by atoms with van der Waals surface area (Å²) in [5.41, 5.74) is 6.59. The van der Waals surface area contributed by atoms with Gasteiger partial charge in [0.25, 0.3) is 5.91 Å². The Morgan fingerprint density at radius 1 is 0.803 bits per heavy atom. The van der Waals surface area contributed by atoms with Crippen molar-refractivity contribution in [1.82, 2.24) is 19.7 Å². The Morgan fingerprint density at radius 3 is 2.15 bits per heavy atom. The third-order valence-corrected chi connectivity index (χ3v) is 12.4. The lowest BCUT2D eigenvalue weighted by atomic mass is 9.94. The quantitative estimate of drug-likeness (QED) is 0.0567. The van der Waals surface area contributed by atoms with Crippen LogP contribution in [-0.4, -0.2) is 56.8 Å². The molecule has 326 valence electrons. The highest BCUT2D eigenvalue weighted by atomic mass is 32.1. The Kier molecular flexibility index (Phi) is 16.1. The molecule has 12 heteroatoms. The summed E-state index contributed by atoms with van der Waals surface area (Å²) in [7, 11) is 1.45. The number of ether oxygens (including phenoxy) is 2. The van der Waals surface area contributed by atoms with Gasteiger partial charge in [-0.2, -0.15) is 5.10 Å². The number of carbonyl (C=O) groups is 3. The molecule has 6 rings (SSSR count). The lowest BCUT2D eigenvalue weighted by molar-refractivity contribution is -0.140. The average Bonchev–Trinajstić information content (AvgIpc) is 3.78. The van der Waals surface area contributed by atoms with Gasteiger partial charge in [0.1, 0.15) is 11.4 Å². The van der Waals surface area contributed by atoms with Gasteiger partial charge in [0.05, 0.1) is 23.0 Å². The molecule has 4 heterocycles. The minimum Gasteiger partial charge on any atom is -0.469 e. The number of fused-ring (bicyclic) bond motifs is 2. The number of anilines is 2. The van der Waals surface area contributed by atoms with Gasteiger partial charge >= 0.3 is 11.9 Å². The smallest absolute Gasteiger partial charge is 0.358 e. The predicted molar refractivity (Wildman–Crippen MR) is 246 cm³/mol. The van der Waals surface area contributed by atoms with Crippen LogP contribution >= 0.6 is 11.3 Å². The average molecular weight is 849 g/mol. The number of benzene rings is 2. The first kappa shape index (κ1) is 45.4. The second-order valence-corrected chi connectivity index (χ2v) is 18.3. The van der Waals surface area contributed by atoms with Crippen molar-refractivity contribution in [1.29, 1.82) is 0 Å². The number of esters is 2. The molecule has 0 saturated heterocycles. The van der Waals surface area contributed by atoms with Crippen molar-refractivity contribution in [3.63, 3.8) is 0 Å². The number of rotatable bonds is 21. The zero-order chi connectivity index (χ0) is 43.4. The molecule has 11 nitrogen and oxygen atoms in total. The highest BCUT2D eigenvalue weighted by Crippen LogP contribution is 2.34. The zero-order valence-corrected chi connectivity index (χ0v) is 37.9. The van der Waals surface area contributed by atoms with Crippen molar-refractivity contribution in [2.24, 2.45) is 0 Å². The number of thiazole rings is 1. The van der Waals surface area contributed by atoms with E-state index in [1.54, 1.807) is 0 Å². The Balaban J connectivity index is 1.06. The lowest BCUT2D eigenvalue weighted by Gasteiger charge is -2.31. The minimum atomic E-state index is -0.704.